The van der Waals surface area contributed by atoms with E-state index in [0.29, 0.717) is 28.6 Å². The van der Waals surface area contributed by atoms with E-state index < -0.39 is 11.4 Å². The van der Waals surface area contributed by atoms with Gasteiger partial charge in [0.1, 0.15) is 11.6 Å². The minimum absolute atomic E-state index is 0.183. The third-order valence-corrected chi connectivity index (χ3v) is 5.06. The molecule has 0 atom stereocenters. The number of hydrogen-bond acceptors (Lipinski definition) is 4. The normalized spacial score (nSPS) is 11.5. The van der Waals surface area contributed by atoms with Gasteiger partial charge in [-0.15, -0.1) is 0 Å². The second kappa shape index (κ2) is 9.20. The number of nitrogens with zero attached hydrogens (tertiary/aromatic N) is 3. The summed E-state index contributed by atoms with van der Waals surface area (Å²) in [6.45, 7) is 3.56. The third-order valence-electron chi connectivity index (χ3n) is 4.74. The average molecular weight is 435 g/mol. The summed E-state index contributed by atoms with van der Waals surface area (Å²) in [6, 6.07) is 16.7. The van der Waals surface area contributed by atoms with E-state index in [-0.39, 0.29) is 5.39 Å². The SMILES string of the molecule is CCNCc1cccc(C=Cc2nc3ccc(F)cc3c(=O)n2-c2ccccc2Cl)n1. The Kier molecular flexibility index (Phi) is 6.21. The molecule has 0 spiro atoms. The van der Waals surface area contributed by atoms with E-state index in [1.165, 1.54) is 22.8 Å². The monoisotopic (exact) mass is 434 g/mol. The Balaban J connectivity index is 1.86. The van der Waals surface area contributed by atoms with Gasteiger partial charge in [-0.1, -0.05) is 36.7 Å². The van der Waals surface area contributed by atoms with Crippen LogP contribution in [-0.4, -0.2) is 21.1 Å². The van der Waals surface area contributed by atoms with Crippen LogP contribution in [0, 0.1) is 5.82 Å². The van der Waals surface area contributed by atoms with Crippen molar-refractivity contribution in [1.29, 1.82) is 0 Å². The van der Waals surface area contributed by atoms with E-state index in [0.717, 1.165) is 17.9 Å². The van der Waals surface area contributed by atoms with Gasteiger partial charge in [0.05, 0.1) is 33.0 Å². The number of nitrogens with one attached hydrogen (secondary N) is 1. The standard InChI is InChI=1S/C24H20ClFN4O/c1-2-27-15-18-7-5-6-17(28-18)11-13-23-29-21-12-10-16(26)14-19(21)24(31)30(23)22-9-4-3-8-20(22)25/h3-14,27H,2,15H2,1H3. The lowest BCUT2D eigenvalue weighted by molar-refractivity contribution is 0.629. The summed E-state index contributed by atoms with van der Waals surface area (Å²) < 4.78 is 15.2. The van der Waals surface area contributed by atoms with Crippen LogP contribution in [0.3, 0.4) is 0 Å². The van der Waals surface area contributed by atoms with Gasteiger partial charge in [-0.25, -0.2) is 9.37 Å². The zero-order valence-electron chi connectivity index (χ0n) is 16.8. The molecule has 0 aliphatic heterocycles. The van der Waals surface area contributed by atoms with Crippen molar-refractivity contribution in [3.8, 4) is 5.69 Å². The van der Waals surface area contributed by atoms with Gasteiger partial charge in [0.2, 0.25) is 0 Å². The second-order valence-corrected chi connectivity index (χ2v) is 7.30. The summed E-state index contributed by atoms with van der Waals surface area (Å²) >= 11 is 6.37. The molecule has 4 rings (SSSR count). The first-order valence-electron chi connectivity index (χ1n) is 9.89. The highest BCUT2D eigenvalue weighted by molar-refractivity contribution is 6.32. The average Bonchev–Trinajstić information content (AvgIpc) is 2.78. The predicted octanol–water partition coefficient (Wildman–Crippen LogP) is 4.85. The molecule has 5 nitrogen and oxygen atoms in total. The molecule has 156 valence electrons. The number of para-hydroxylation sites is 1. The first kappa shape index (κ1) is 20.9. The van der Waals surface area contributed by atoms with Crippen LogP contribution in [0.5, 0.6) is 0 Å². The first-order valence-corrected chi connectivity index (χ1v) is 10.3. The first-order chi connectivity index (χ1) is 15.1. The molecular weight excluding hydrogens is 415 g/mol. The fourth-order valence-corrected chi connectivity index (χ4v) is 3.48. The number of pyridine rings is 1. The molecule has 1 N–H and O–H groups in total. The van der Waals surface area contributed by atoms with E-state index in [4.69, 9.17) is 11.6 Å². The molecule has 4 aromatic rings. The van der Waals surface area contributed by atoms with Crippen LogP contribution >= 0.6 is 11.6 Å². The molecule has 0 radical (unpaired) electrons. The van der Waals surface area contributed by atoms with Crippen LogP contribution in [0.15, 0.2) is 65.5 Å². The molecule has 0 saturated carbocycles. The number of rotatable bonds is 6. The maximum Gasteiger partial charge on any atom is 0.266 e. The van der Waals surface area contributed by atoms with Crippen molar-refractivity contribution in [1.82, 2.24) is 19.9 Å². The fourth-order valence-electron chi connectivity index (χ4n) is 3.26. The molecular formula is C24H20ClFN4O. The fraction of sp³-hybridized carbons (Fsp3) is 0.125. The summed E-state index contributed by atoms with van der Waals surface area (Å²) in [5.74, 6) is -0.127. The number of hydrogen-bond donors (Lipinski definition) is 1. The van der Waals surface area contributed by atoms with E-state index in [1.807, 2.05) is 25.1 Å². The smallest absolute Gasteiger partial charge is 0.266 e. The van der Waals surface area contributed by atoms with Crippen molar-refractivity contribution in [3.05, 3.63) is 99.1 Å². The number of aromatic nitrogens is 3. The zero-order valence-corrected chi connectivity index (χ0v) is 17.6. The summed E-state index contributed by atoms with van der Waals surface area (Å²) in [5, 5.41) is 3.82. The molecule has 0 amide bonds. The predicted molar refractivity (Wildman–Crippen MR) is 123 cm³/mol. The van der Waals surface area contributed by atoms with Crippen LogP contribution < -0.4 is 10.9 Å². The maximum absolute atomic E-state index is 13.8. The van der Waals surface area contributed by atoms with Gasteiger partial charge in [-0.05, 0) is 61.2 Å². The summed E-state index contributed by atoms with van der Waals surface area (Å²) in [6.07, 6.45) is 3.51. The molecule has 0 aliphatic carbocycles. The van der Waals surface area contributed by atoms with E-state index in [2.05, 4.69) is 15.3 Å². The van der Waals surface area contributed by atoms with Gasteiger partial charge < -0.3 is 5.32 Å². The summed E-state index contributed by atoms with van der Waals surface area (Å²) in [7, 11) is 0. The highest BCUT2D eigenvalue weighted by Gasteiger charge is 2.14. The van der Waals surface area contributed by atoms with Crippen LogP contribution in [0.4, 0.5) is 4.39 Å². The van der Waals surface area contributed by atoms with Crippen molar-refractivity contribution < 1.29 is 4.39 Å². The lowest BCUT2D eigenvalue weighted by atomic mass is 10.2. The molecule has 0 unspecified atom stereocenters. The van der Waals surface area contributed by atoms with Crippen LogP contribution in [0.2, 0.25) is 5.02 Å². The highest BCUT2D eigenvalue weighted by atomic mass is 35.5. The van der Waals surface area contributed by atoms with E-state index in [1.54, 1.807) is 36.4 Å². The zero-order chi connectivity index (χ0) is 21.8. The van der Waals surface area contributed by atoms with Crippen molar-refractivity contribution in [2.45, 2.75) is 13.5 Å². The van der Waals surface area contributed by atoms with Crippen LogP contribution in [0.25, 0.3) is 28.7 Å². The number of benzene rings is 2. The van der Waals surface area contributed by atoms with Gasteiger partial charge in [0.25, 0.3) is 5.56 Å². The van der Waals surface area contributed by atoms with Crippen molar-refractivity contribution in [2.75, 3.05) is 6.54 Å². The number of halogens is 2. The Morgan fingerprint density at radius 2 is 1.90 bits per heavy atom. The molecule has 2 aromatic heterocycles. The van der Waals surface area contributed by atoms with Gasteiger partial charge in [-0.3, -0.25) is 14.3 Å². The minimum atomic E-state index is -0.498. The Bertz CT molecular complexity index is 1330. The molecule has 31 heavy (non-hydrogen) atoms. The minimum Gasteiger partial charge on any atom is -0.311 e. The Labute approximate surface area is 183 Å². The molecule has 0 aliphatic rings. The van der Waals surface area contributed by atoms with Crippen LogP contribution in [0.1, 0.15) is 24.1 Å². The molecule has 0 fully saturated rings. The quantitative estimate of drug-likeness (QED) is 0.471. The summed E-state index contributed by atoms with van der Waals surface area (Å²) in [4.78, 5) is 22.5. The third kappa shape index (κ3) is 4.55. The van der Waals surface area contributed by atoms with Gasteiger partial charge in [0, 0.05) is 6.54 Å². The largest absolute Gasteiger partial charge is 0.311 e. The molecule has 0 bridgehead atoms. The van der Waals surface area contributed by atoms with Crippen molar-refractivity contribution >= 4 is 34.7 Å². The topological polar surface area (TPSA) is 59.8 Å². The van der Waals surface area contributed by atoms with Crippen molar-refractivity contribution in [2.24, 2.45) is 0 Å². The van der Waals surface area contributed by atoms with E-state index in [9.17, 15) is 9.18 Å². The molecule has 2 aromatic carbocycles. The maximum atomic E-state index is 13.8. The van der Waals surface area contributed by atoms with Gasteiger partial charge in [0.15, 0.2) is 0 Å². The highest BCUT2D eigenvalue weighted by Crippen LogP contribution is 2.22. The lowest BCUT2D eigenvalue weighted by Crippen LogP contribution is -2.22. The summed E-state index contributed by atoms with van der Waals surface area (Å²) in [5.41, 5.74) is 2.12. The molecule has 7 heteroatoms. The van der Waals surface area contributed by atoms with Gasteiger partial charge >= 0.3 is 0 Å². The Hall–Kier alpha value is -3.35. The van der Waals surface area contributed by atoms with Crippen LogP contribution in [-0.2, 0) is 6.54 Å². The Morgan fingerprint density at radius 3 is 2.71 bits per heavy atom. The van der Waals surface area contributed by atoms with E-state index >= 15 is 0 Å². The molecule has 2 heterocycles. The van der Waals surface area contributed by atoms with Gasteiger partial charge in [-0.2, -0.15) is 0 Å². The Morgan fingerprint density at radius 1 is 1.06 bits per heavy atom. The lowest BCUT2D eigenvalue weighted by Gasteiger charge is -2.13. The van der Waals surface area contributed by atoms with Crippen molar-refractivity contribution in [3.63, 3.8) is 0 Å². The second-order valence-electron chi connectivity index (χ2n) is 6.89. The number of fused-ring (bicyclic) bond motifs is 1. The molecule has 0 saturated heterocycles.